The van der Waals surface area contributed by atoms with E-state index in [-0.39, 0.29) is 10.3 Å². The molecule has 0 amide bonds. The number of hydrogen-bond acceptors (Lipinski definition) is 5. The lowest BCUT2D eigenvalue weighted by atomic mass is 10.1. The molecule has 0 spiro atoms. The van der Waals surface area contributed by atoms with Crippen molar-refractivity contribution in [3.8, 4) is 17.1 Å². The van der Waals surface area contributed by atoms with Crippen molar-refractivity contribution in [3.63, 3.8) is 0 Å². The van der Waals surface area contributed by atoms with E-state index in [1.54, 1.807) is 18.2 Å². The topological polar surface area (TPSA) is 85.6 Å². The number of nitrogens with one attached hydrogen (secondary N) is 1. The third-order valence-corrected chi connectivity index (χ3v) is 5.81. The van der Waals surface area contributed by atoms with Crippen molar-refractivity contribution in [2.45, 2.75) is 4.90 Å². The average Bonchev–Trinajstić information content (AvgIpc) is 2.74. The van der Waals surface area contributed by atoms with Crippen LogP contribution in [0.25, 0.3) is 22.3 Å². The van der Waals surface area contributed by atoms with Gasteiger partial charge in [-0.2, -0.15) is 0 Å². The molecule has 0 bridgehead atoms. The molecular weight excluding hydrogens is 390 g/mol. The Bertz CT molecular complexity index is 1330. The Morgan fingerprint density at radius 2 is 1.62 bits per heavy atom. The van der Waals surface area contributed by atoms with Crippen molar-refractivity contribution < 1.29 is 17.6 Å². The summed E-state index contributed by atoms with van der Waals surface area (Å²) in [4.78, 5) is 12.5. The molecule has 6 nitrogen and oxygen atoms in total. The summed E-state index contributed by atoms with van der Waals surface area (Å²) < 4.78 is 38.7. The van der Waals surface area contributed by atoms with Crippen LogP contribution in [0.4, 0.5) is 5.69 Å². The van der Waals surface area contributed by atoms with Crippen LogP contribution in [0.15, 0.2) is 93.0 Å². The Morgan fingerprint density at radius 3 is 2.31 bits per heavy atom. The van der Waals surface area contributed by atoms with Crippen LogP contribution in [0.1, 0.15) is 0 Å². The van der Waals surface area contributed by atoms with Crippen LogP contribution < -0.4 is 14.9 Å². The summed E-state index contributed by atoms with van der Waals surface area (Å²) in [7, 11) is -2.30. The van der Waals surface area contributed by atoms with Gasteiger partial charge in [0.05, 0.1) is 23.1 Å². The van der Waals surface area contributed by atoms with Gasteiger partial charge in [0.15, 0.2) is 5.43 Å². The lowest BCUT2D eigenvalue weighted by Gasteiger charge is -2.10. The molecule has 4 aromatic rings. The molecule has 0 unspecified atom stereocenters. The minimum absolute atomic E-state index is 0.0953. The normalized spacial score (nSPS) is 11.3. The van der Waals surface area contributed by atoms with Crippen LogP contribution in [0, 0.1) is 0 Å². The Kier molecular flexibility index (Phi) is 4.82. The second-order valence-electron chi connectivity index (χ2n) is 6.33. The first-order chi connectivity index (χ1) is 14.0. The van der Waals surface area contributed by atoms with Crippen LogP contribution in [-0.2, 0) is 10.0 Å². The van der Waals surface area contributed by atoms with E-state index in [0.717, 1.165) is 5.56 Å². The highest BCUT2D eigenvalue weighted by Gasteiger charge is 2.15. The molecule has 146 valence electrons. The fraction of sp³-hybridized carbons (Fsp3) is 0.0455. The molecule has 0 aliphatic rings. The Morgan fingerprint density at radius 1 is 0.897 bits per heavy atom. The maximum absolute atomic E-state index is 12.6. The lowest BCUT2D eigenvalue weighted by Crippen LogP contribution is -2.13. The van der Waals surface area contributed by atoms with Crippen molar-refractivity contribution in [1.29, 1.82) is 0 Å². The van der Waals surface area contributed by atoms with Gasteiger partial charge >= 0.3 is 0 Å². The van der Waals surface area contributed by atoms with E-state index in [9.17, 15) is 13.2 Å². The molecule has 0 fully saturated rings. The molecule has 29 heavy (non-hydrogen) atoms. The Labute approximate surface area is 167 Å². The van der Waals surface area contributed by atoms with E-state index >= 15 is 0 Å². The quantitative estimate of drug-likeness (QED) is 0.534. The smallest absolute Gasteiger partial charge is 0.261 e. The van der Waals surface area contributed by atoms with Gasteiger partial charge < -0.3 is 9.15 Å². The molecule has 1 aromatic heterocycles. The van der Waals surface area contributed by atoms with Gasteiger partial charge in [0.25, 0.3) is 10.0 Å². The van der Waals surface area contributed by atoms with Crippen LogP contribution in [0.3, 0.4) is 0 Å². The molecule has 0 atom stereocenters. The number of fused-ring (bicyclic) bond motifs is 1. The van der Waals surface area contributed by atoms with Gasteiger partial charge in [-0.05, 0) is 36.4 Å². The lowest BCUT2D eigenvalue weighted by molar-refractivity contribution is 0.414. The summed E-state index contributed by atoms with van der Waals surface area (Å²) in [6.45, 7) is 0. The van der Waals surface area contributed by atoms with Gasteiger partial charge in [-0.3, -0.25) is 9.52 Å². The molecular formula is C22H17NO5S. The minimum atomic E-state index is -3.80. The number of ether oxygens (including phenoxy) is 1. The number of hydrogen-bond donors (Lipinski definition) is 1. The predicted molar refractivity (Wildman–Crippen MR) is 112 cm³/mol. The van der Waals surface area contributed by atoms with Crippen LogP contribution >= 0.6 is 0 Å². The monoisotopic (exact) mass is 407 g/mol. The number of benzene rings is 3. The minimum Gasteiger partial charge on any atom is -0.497 e. The van der Waals surface area contributed by atoms with Crippen LogP contribution in [-0.4, -0.2) is 15.5 Å². The Balaban J connectivity index is 1.71. The van der Waals surface area contributed by atoms with E-state index in [2.05, 4.69) is 4.72 Å². The number of sulfonamides is 1. The van der Waals surface area contributed by atoms with E-state index in [4.69, 9.17) is 9.15 Å². The third kappa shape index (κ3) is 3.86. The molecule has 3 aromatic carbocycles. The predicted octanol–water partition coefficient (Wildman–Crippen LogP) is 4.27. The summed E-state index contributed by atoms with van der Waals surface area (Å²) in [5.74, 6) is 0.975. The van der Waals surface area contributed by atoms with Gasteiger partial charge in [-0.1, -0.05) is 30.3 Å². The highest BCUT2D eigenvalue weighted by atomic mass is 32.2. The maximum atomic E-state index is 12.6. The zero-order chi connectivity index (χ0) is 20.4. The molecule has 0 saturated carbocycles. The first-order valence-corrected chi connectivity index (χ1v) is 10.2. The SMILES string of the molecule is COc1ccc(S(=O)(=O)Nc2ccc3c(=O)cc(-c4ccccc4)oc3c2)cc1. The van der Waals surface area contributed by atoms with Gasteiger partial charge in [0.2, 0.25) is 0 Å². The number of methoxy groups -OCH3 is 1. The van der Waals surface area contributed by atoms with Crippen molar-refractivity contribution in [2.24, 2.45) is 0 Å². The van der Waals surface area contributed by atoms with Gasteiger partial charge in [-0.25, -0.2) is 8.42 Å². The first kappa shape index (κ1) is 18.8. The molecule has 0 aliphatic carbocycles. The molecule has 4 rings (SSSR count). The van der Waals surface area contributed by atoms with Gasteiger partial charge in [-0.15, -0.1) is 0 Å². The summed E-state index contributed by atoms with van der Waals surface area (Å²) in [6, 6.07) is 21.3. The first-order valence-electron chi connectivity index (χ1n) is 8.76. The van der Waals surface area contributed by atoms with E-state index in [0.29, 0.717) is 28.2 Å². The largest absolute Gasteiger partial charge is 0.497 e. The highest BCUT2D eigenvalue weighted by molar-refractivity contribution is 7.92. The van der Waals surface area contributed by atoms with Crippen molar-refractivity contribution in [2.75, 3.05) is 11.8 Å². The Hall–Kier alpha value is -3.58. The molecule has 0 radical (unpaired) electrons. The molecule has 1 heterocycles. The van der Waals surface area contributed by atoms with Gasteiger partial charge in [0, 0.05) is 17.7 Å². The van der Waals surface area contributed by atoms with Crippen molar-refractivity contribution in [1.82, 2.24) is 0 Å². The summed E-state index contributed by atoms with van der Waals surface area (Å²) in [5.41, 5.74) is 1.15. The zero-order valence-corrected chi connectivity index (χ0v) is 16.3. The van der Waals surface area contributed by atoms with E-state index in [1.807, 2.05) is 30.3 Å². The van der Waals surface area contributed by atoms with Crippen molar-refractivity contribution in [3.05, 3.63) is 89.1 Å². The summed E-state index contributed by atoms with van der Waals surface area (Å²) >= 11 is 0. The standard InChI is InChI=1S/C22H17NO5S/c1-27-17-8-10-18(11-9-17)29(25,26)23-16-7-12-19-20(24)14-21(28-22(19)13-16)15-5-3-2-4-6-15/h2-14,23H,1H3. The third-order valence-electron chi connectivity index (χ3n) is 4.41. The summed E-state index contributed by atoms with van der Waals surface area (Å²) in [6.07, 6.45) is 0. The molecule has 0 saturated heterocycles. The van der Waals surface area contributed by atoms with Crippen molar-refractivity contribution >= 4 is 26.7 Å². The van der Waals surface area contributed by atoms with E-state index < -0.39 is 10.0 Å². The fourth-order valence-electron chi connectivity index (χ4n) is 2.93. The van der Waals surface area contributed by atoms with E-state index in [1.165, 1.54) is 37.4 Å². The maximum Gasteiger partial charge on any atom is 0.261 e. The highest BCUT2D eigenvalue weighted by Crippen LogP contribution is 2.25. The molecule has 1 N–H and O–H groups in total. The second kappa shape index (κ2) is 7.44. The number of rotatable bonds is 5. The van der Waals surface area contributed by atoms with Gasteiger partial charge in [0.1, 0.15) is 17.1 Å². The van der Waals surface area contributed by atoms with Crippen LogP contribution in [0.2, 0.25) is 0 Å². The number of anilines is 1. The fourth-order valence-corrected chi connectivity index (χ4v) is 3.98. The second-order valence-corrected chi connectivity index (χ2v) is 8.02. The summed E-state index contributed by atoms with van der Waals surface area (Å²) in [5, 5.41) is 0.372. The molecule has 0 aliphatic heterocycles. The molecule has 7 heteroatoms. The van der Waals surface area contributed by atoms with Crippen LogP contribution in [0.5, 0.6) is 5.75 Å². The average molecular weight is 407 g/mol. The zero-order valence-electron chi connectivity index (χ0n) is 15.5.